The van der Waals surface area contributed by atoms with Crippen molar-refractivity contribution in [2.45, 2.75) is 6.92 Å². The van der Waals surface area contributed by atoms with Gasteiger partial charge in [0.1, 0.15) is 0 Å². The van der Waals surface area contributed by atoms with Crippen molar-refractivity contribution in [3.63, 3.8) is 0 Å². The number of aryl methyl sites for hydroxylation is 1. The van der Waals surface area contributed by atoms with E-state index in [0.29, 0.717) is 10.9 Å². The lowest BCUT2D eigenvalue weighted by molar-refractivity contribution is 0.101. The zero-order chi connectivity index (χ0) is 13.4. The number of benzene rings is 2. The Balaban J connectivity index is 2.06. The molecule has 94 valence electrons. The maximum Gasteiger partial charge on any atom is 0.228 e. The molecule has 0 bridgehead atoms. The van der Waals surface area contributed by atoms with E-state index in [-0.39, 0.29) is 17.1 Å². The fraction of sp³-hybridized carbons (Fsp3) is 0.0625. The predicted molar refractivity (Wildman–Crippen MR) is 70.8 cm³/mol. The Morgan fingerprint density at radius 3 is 2.53 bits per heavy atom. The van der Waals surface area contributed by atoms with Crippen molar-refractivity contribution in [3.8, 4) is 0 Å². The third-order valence-electron chi connectivity index (χ3n) is 3.03. The largest absolute Gasteiger partial charge is 0.449 e. The van der Waals surface area contributed by atoms with Gasteiger partial charge < -0.3 is 4.42 Å². The molecule has 0 unspecified atom stereocenters. The van der Waals surface area contributed by atoms with Crippen LogP contribution in [0.2, 0.25) is 0 Å². The molecular weight excluding hydrogens is 243 g/mol. The first-order valence-electron chi connectivity index (χ1n) is 5.94. The van der Waals surface area contributed by atoms with Crippen molar-refractivity contribution in [1.82, 2.24) is 0 Å². The first kappa shape index (κ1) is 11.7. The summed E-state index contributed by atoms with van der Waals surface area (Å²) in [5, 5.41) is 0.593. The second-order valence-electron chi connectivity index (χ2n) is 4.46. The fourth-order valence-corrected chi connectivity index (χ4v) is 1.99. The quantitative estimate of drug-likeness (QED) is 0.644. The van der Waals surface area contributed by atoms with E-state index in [0.717, 1.165) is 5.56 Å². The number of fused-ring (bicyclic) bond motifs is 1. The van der Waals surface area contributed by atoms with E-state index in [1.165, 1.54) is 6.07 Å². The number of carbonyl (C=O) groups excluding carboxylic acids is 1. The molecule has 0 fully saturated rings. The summed E-state index contributed by atoms with van der Waals surface area (Å²) in [5.74, 6) is -0.542. The first-order valence-corrected chi connectivity index (χ1v) is 5.94. The molecule has 0 spiro atoms. The molecule has 0 aliphatic heterocycles. The molecule has 1 aromatic heterocycles. The van der Waals surface area contributed by atoms with Crippen LogP contribution in [0.5, 0.6) is 0 Å². The summed E-state index contributed by atoms with van der Waals surface area (Å²) in [6, 6.07) is 13.4. The lowest BCUT2D eigenvalue weighted by Gasteiger charge is -1.97. The molecule has 0 radical (unpaired) electrons. The van der Waals surface area contributed by atoms with Crippen LogP contribution in [-0.4, -0.2) is 5.78 Å². The lowest BCUT2D eigenvalue weighted by atomic mass is 10.1. The van der Waals surface area contributed by atoms with Crippen molar-refractivity contribution in [1.29, 1.82) is 0 Å². The molecule has 3 aromatic rings. The zero-order valence-electron chi connectivity index (χ0n) is 10.3. The van der Waals surface area contributed by atoms with Gasteiger partial charge in [-0.2, -0.15) is 0 Å². The summed E-state index contributed by atoms with van der Waals surface area (Å²) < 4.78 is 18.8. The van der Waals surface area contributed by atoms with Crippen LogP contribution in [0.3, 0.4) is 0 Å². The highest BCUT2D eigenvalue weighted by Crippen LogP contribution is 2.23. The van der Waals surface area contributed by atoms with E-state index in [9.17, 15) is 9.18 Å². The molecule has 0 saturated carbocycles. The molecule has 2 aromatic carbocycles. The number of carbonyl (C=O) groups is 1. The molecule has 2 nitrogen and oxygen atoms in total. The number of rotatable bonds is 2. The van der Waals surface area contributed by atoms with Gasteiger partial charge in [0.2, 0.25) is 5.78 Å². The Kier molecular flexibility index (Phi) is 2.67. The van der Waals surface area contributed by atoms with Gasteiger partial charge in [-0.25, -0.2) is 4.39 Å². The van der Waals surface area contributed by atoms with Gasteiger partial charge in [0.15, 0.2) is 17.2 Å². The van der Waals surface area contributed by atoms with Gasteiger partial charge in [-0.3, -0.25) is 4.79 Å². The lowest BCUT2D eigenvalue weighted by Crippen LogP contribution is -1.98. The highest BCUT2D eigenvalue weighted by Gasteiger charge is 2.15. The molecule has 1 heterocycles. The van der Waals surface area contributed by atoms with E-state index < -0.39 is 5.82 Å². The minimum Gasteiger partial charge on any atom is -0.449 e. The molecule has 0 aliphatic carbocycles. The number of para-hydroxylation sites is 1. The van der Waals surface area contributed by atoms with Crippen molar-refractivity contribution < 1.29 is 13.6 Å². The SMILES string of the molecule is Cc1ccc(C(=O)c2cc3cccc(F)c3o2)cc1. The summed E-state index contributed by atoms with van der Waals surface area (Å²) in [6.07, 6.45) is 0. The molecule has 0 saturated heterocycles. The highest BCUT2D eigenvalue weighted by atomic mass is 19.1. The molecule has 3 rings (SSSR count). The minimum absolute atomic E-state index is 0.123. The summed E-state index contributed by atoms with van der Waals surface area (Å²) in [5.41, 5.74) is 1.73. The molecule has 3 heteroatoms. The van der Waals surface area contributed by atoms with E-state index in [1.807, 2.05) is 19.1 Å². The van der Waals surface area contributed by atoms with Crippen LogP contribution in [0.1, 0.15) is 21.7 Å². The molecular formula is C16H11FO2. The number of ketones is 1. The third kappa shape index (κ3) is 2.03. The van der Waals surface area contributed by atoms with Crippen molar-refractivity contribution >= 4 is 16.8 Å². The number of furan rings is 1. The van der Waals surface area contributed by atoms with Gasteiger partial charge in [0.25, 0.3) is 0 Å². The Morgan fingerprint density at radius 1 is 1.11 bits per heavy atom. The Morgan fingerprint density at radius 2 is 1.84 bits per heavy atom. The normalized spacial score (nSPS) is 10.8. The third-order valence-corrected chi connectivity index (χ3v) is 3.03. The minimum atomic E-state index is -0.458. The standard InChI is InChI=1S/C16H11FO2/c1-10-5-7-11(8-6-10)15(18)14-9-12-3-2-4-13(17)16(12)19-14/h2-9H,1H3. The molecule has 0 amide bonds. The Bertz CT molecular complexity index is 754. The van der Waals surface area contributed by atoms with Crippen molar-refractivity contribution in [2.75, 3.05) is 0 Å². The number of halogens is 1. The Labute approximate surface area is 109 Å². The van der Waals surface area contributed by atoms with Gasteiger partial charge in [0.05, 0.1) is 0 Å². The van der Waals surface area contributed by atoms with E-state index >= 15 is 0 Å². The van der Waals surface area contributed by atoms with Gasteiger partial charge in [-0.05, 0) is 19.1 Å². The van der Waals surface area contributed by atoms with Gasteiger partial charge in [-0.1, -0.05) is 42.0 Å². The second-order valence-corrected chi connectivity index (χ2v) is 4.46. The van der Waals surface area contributed by atoms with Gasteiger partial charge >= 0.3 is 0 Å². The average Bonchev–Trinajstić information content (AvgIpc) is 2.84. The van der Waals surface area contributed by atoms with Crippen LogP contribution in [0.25, 0.3) is 11.0 Å². The van der Waals surface area contributed by atoms with Crippen LogP contribution in [-0.2, 0) is 0 Å². The van der Waals surface area contributed by atoms with Gasteiger partial charge in [-0.15, -0.1) is 0 Å². The molecule has 0 atom stereocenters. The highest BCUT2D eigenvalue weighted by molar-refractivity contribution is 6.09. The van der Waals surface area contributed by atoms with Gasteiger partial charge in [0, 0.05) is 10.9 Å². The topological polar surface area (TPSA) is 30.2 Å². The summed E-state index contributed by atoms with van der Waals surface area (Å²) in [7, 11) is 0. The maximum absolute atomic E-state index is 13.5. The molecule has 0 N–H and O–H groups in total. The summed E-state index contributed by atoms with van der Waals surface area (Å²) in [6.45, 7) is 1.95. The number of hydrogen-bond acceptors (Lipinski definition) is 2. The smallest absolute Gasteiger partial charge is 0.228 e. The van der Waals surface area contributed by atoms with Crippen molar-refractivity contribution in [3.05, 3.63) is 71.2 Å². The summed E-state index contributed by atoms with van der Waals surface area (Å²) in [4.78, 5) is 12.2. The van der Waals surface area contributed by atoms with Crippen LogP contribution in [0.15, 0.2) is 52.9 Å². The number of hydrogen-bond donors (Lipinski definition) is 0. The van der Waals surface area contributed by atoms with Crippen LogP contribution in [0, 0.1) is 12.7 Å². The average molecular weight is 254 g/mol. The summed E-state index contributed by atoms with van der Waals surface area (Å²) >= 11 is 0. The van der Waals surface area contributed by atoms with Crippen LogP contribution < -0.4 is 0 Å². The van der Waals surface area contributed by atoms with E-state index in [4.69, 9.17) is 4.42 Å². The first-order chi connectivity index (χ1) is 9.15. The van der Waals surface area contributed by atoms with Crippen molar-refractivity contribution in [2.24, 2.45) is 0 Å². The second kappa shape index (κ2) is 4.35. The fourth-order valence-electron chi connectivity index (χ4n) is 1.99. The predicted octanol–water partition coefficient (Wildman–Crippen LogP) is 4.11. The van der Waals surface area contributed by atoms with Crippen LogP contribution >= 0.6 is 0 Å². The monoisotopic (exact) mass is 254 g/mol. The molecule has 19 heavy (non-hydrogen) atoms. The maximum atomic E-state index is 13.5. The molecule has 0 aliphatic rings. The Hall–Kier alpha value is -2.42. The van der Waals surface area contributed by atoms with E-state index in [2.05, 4.69) is 0 Å². The van der Waals surface area contributed by atoms with Crippen LogP contribution in [0.4, 0.5) is 4.39 Å². The zero-order valence-corrected chi connectivity index (χ0v) is 10.3. The van der Waals surface area contributed by atoms with E-state index in [1.54, 1.807) is 30.3 Å².